The van der Waals surface area contributed by atoms with Gasteiger partial charge in [-0.25, -0.2) is 8.42 Å². The second-order valence-electron chi connectivity index (χ2n) is 4.79. The number of sulfonamides is 1. The van der Waals surface area contributed by atoms with Crippen molar-refractivity contribution < 1.29 is 26.7 Å². The smallest absolute Gasteiger partial charge is 0.387 e. The molecular weight excluding hydrogens is 283 g/mol. The van der Waals surface area contributed by atoms with E-state index >= 15 is 0 Å². The van der Waals surface area contributed by atoms with Crippen LogP contribution in [0.1, 0.15) is 12.5 Å². The average Bonchev–Trinajstić information content (AvgIpc) is 2.25. The van der Waals surface area contributed by atoms with Gasteiger partial charge in [0.15, 0.2) is 0 Å². The molecule has 1 aliphatic rings. The fourth-order valence-corrected chi connectivity index (χ4v) is 3.52. The summed E-state index contributed by atoms with van der Waals surface area (Å²) in [5.41, 5.74) is -1.97. The Kier molecular flexibility index (Phi) is 3.15. The molecule has 19 heavy (non-hydrogen) atoms. The Morgan fingerprint density at radius 2 is 1.68 bits per heavy atom. The Hall–Kier alpha value is -1.12. The first-order chi connectivity index (χ1) is 8.52. The van der Waals surface area contributed by atoms with Gasteiger partial charge >= 0.3 is 6.18 Å². The lowest BCUT2D eigenvalue weighted by Crippen LogP contribution is -2.61. The Morgan fingerprint density at radius 3 is 2.05 bits per heavy atom. The third-order valence-electron chi connectivity index (χ3n) is 2.85. The van der Waals surface area contributed by atoms with Gasteiger partial charge in [-0.2, -0.15) is 17.5 Å². The average molecular weight is 295 g/mol. The zero-order valence-electron chi connectivity index (χ0n) is 9.98. The van der Waals surface area contributed by atoms with Gasteiger partial charge in [0.25, 0.3) is 0 Å². The van der Waals surface area contributed by atoms with Crippen molar-refractivity contribution in [2.24, 2.45) is 0 Å². The van der Waals surface area contributed by atoms with Crippen LogP contribution in [0.2, 0.25) is 0 Å². The Bertz CT molecular complexity index is 570. The lowest BCUT2D eigenvalue weighted by atomic mass is 10.0. The van der Waals surface area contributed by atoms with E-state index in [1.807, 2.05) is 0 Å². The Balaban J connectivity index is 2.23. The van der Waals surface area contributed by atoms with Gasteiger partial charge < -0.3 is 5.11 Å². The van der Waals surface area contributed by atoms with Gasteiger partial charge in [0, 0.05) is 13.1 Å². The molecule has 1 aliphatic heterocycles. The minimum absolute atomic E-state index is 0.0592. The standard InChI is InChI=1S/C11H12F3NO3S/c1-10(16)6-15(7-10)19(17,18)9-4-2-8(3-5-9)11(12,13)14/h2-5,16H,6-7H2,1H3. The normalized spacial score (nSPS) is 20.1. The summed E-state index contributed by atoms with van der Waals surface area (Å²) < 4.78 is 62.1. The molecule has 1 heterocycles. The molecule has 0 atom stereocenters. The largest absolute Gasteiger partial charge is 0.416 e. The number of halogens is 3. The highest BCUT2D eigenvalue weighted by Crippen LogP contribution is 2.32. The maximum Gasteiger partial charge on any atom is 0.416 e. The van der Waals surface area contributed by atoms with Crippen LogP contribution in [-0.4, -0.2) is 36.5 Å². The SMILES string of the molecule is CC1(O)CN(S(=O)(=O)c2ccc(C(F)(F)F)cc2)C1. The van der Waals surface area contributed by atoms with E-state index in [0.29, 0.717) is 0 Å². The van der Waals surface area contributed by atoms with Gasteiger partial charge in [-0.15, -0.1) is 0 Å². The van der Waals surface area contributed by atoms with E-state index in [2.05, 4.69) is 0 Å². The van der Waals surface area contributed by atoms with Crippen LogP contribution in [0.25, 0.3) is 0 Å². The highest BCUT2D eigenvalue weighted by atomic mass is 32.2. The third-order valence-corrected chi connectivity index (χ3v) is 4.66. The van der Waals surface area contributed by atoms with Crippen LogP contribution >= 0.6 is 0 Å². The molecule has 1 aromatic carbocycles. The molecule has 0 saturated carbocycles. The monoisotopic (exact) mass is 295 g/mol. The van der Waals surface area contributed by atoms with Crippen LogP contribution < -0.4 is 0 Å². The summed E-state index contributed by atoms with van der Waals surface area (Å²) in [7, 11) is -3.83. The molecule has 0 bridgehead atoms. The van der Waals surface area contributed by atoms with Gasteiger partial charge in [0.1, 0.15) is 0 Å². The number of benzene rings is 1. The van der Waals surface area contributed by atoms with Crippen molar-refractivity contribution in [1.82, 2.24) is 4.31 Å². The van der Waals surface area contributed by atoms with E-state index in [1.54, 1.807) is 0 Å². The molecule has 1 N–H and O–H groups in total. The van der Waals surface area contributed by atoms with Crippen LogP contribution in [0.5, 0.6) is 0 Å². The number of β-amino-alcohol motifs (C(OH)–C–C–N with tert-alkyl or cyclic N) is 1. The second kappa shape index (κ2) is 4.19. The molecule has 1 fully saturated rings. The molecule has 0 aromatic heterocycles. The third kappa shape index (κ3) is 2.75. The van der Waals surface area contributed by atoms with E-state index in [0.717, 1.165) is 28.6 Å². The molecule has 0 radical (unpaired) electrons. The molecule has 0 aliphatic carbocycles. The van der Waals surface area contributed by atoms with E-state index in [9.17, 15) is 26.7 Å². The summed E-state index contributed by atoms with van der Waals surface area (Å²) in [6.45, 7) is 1.37. The summed E-state index contributed by atoms with van der Waals surface area (Å²) in [4.78, 5) is -0.212. The highest BCUT2D eigenvalue weighted by Gasteiger charge is 2.44. The predicted octanol–water partition coefficient (Wildman–Crippen LogP) is 1.46. The molecule has 1 saturated heterocycles. The van der Waals surface area contributed by atoms with Crippen LogP contribution in [0.4, 0.5) is 13.2 Å². The molecule has 4 nitrogen and oxygen atoms in total. The van der Waals surface area contributed by atoms with E-state index in [4.69, 9.17) is 0 Å². The van der Waals surface area contributed by atoms with E-state index in [-0.39, 0.29) is 18.0 Å². The maximum atomic E-state index is 12.4. The number of aliphatic hydroxyl groups is 1. The van der Waals surface area contributed by atoms with Crippen molar-refractivity contribution in [1.29, 1.82) is 0 Å². The van der Waals surface area contributed by atoms with Gasteiger partial charge in [0.2, 0.25) is 10.0 Å². The zero-order chi connectivity index (χ0) is 14.5. The summed E-state index contributed by atoms with van der Waals surface area (Å²) in [5.74, 6) is 0. The topological polar surface area (TPSA) is 57.6 Å². The predicted molar refractivity (Wildman–Crippen MR) is 60.8 cm³/mol. The molecule has 106 valence electrons. The molecular formula is C11H12F3NO3S. The number of nitrogens with zero attached hydrogens (tertiary/aromatic N) is 1. The number of alkyl halides is 3. The second-order valence-corrected chi connectivity index (χ2v) is 6.73. The summed E-state index contributed by atoms with van der Waals surface area (Å²) >= 11 is 0. The first kappa shape index (κ1) is 14.3. The first-order valence-electron chi connectivity index (χ1n) is 5.42. The van der Waals surface area contributed by atoms with Gasteiger partial charge in [0.05, 0.1) is 16.1 Å². The maximum absolute atomic E-state index is 12.4. The minimum atomic E-state index is -4.50. The molecule has 1 aromatic rings. The van der Waals surface area contributed by atoms with Gasteiger partial charge in [-0.1, -0.05) is 0 Å². The van der Waals surface area contributed by atoms with Crippen molar-refractivity contribution in [3.8, 4) is 0 Å². The fourth-order valence-electron chi connectivity index (χ4n) is 1.85. The lowest BCUT2D eigenvalue weighted by molar-refractivity contribution is -0.137. The molecule has 0 spiro atoms. The minimum Gasteiger partial charge on any atom is -0.387 e. The quantitative estimate of drug-likeness (QED) is 0.898. The van der Waals surface area contributed by atoms with Crippen LogP contribution in [0, 0.1) is 0 Å². The first-order valence-corrected chi connectivity index (χ1v) is 6.86. The molecule has 2 rings (SSSR count). The van der Waals surface area contributed by atoms with Crippen LogP contribution in [-0.2, 0) is 16.2 Å². The van der Waals surface area contributed by atoms with Crippen LogP contribution in [0.3, 0.4) is 0 Å². The summed E-state index contributed by atoms with van der Waals surface area (Å²) in [5, 5.41) is 9.49. The number of rotatable bonds is 2. The molecule has 8 heteroatoms. The van der Waals surface area contributed by atoms with Crippen molar-refractivity contribution in [2.45, 2.75) is 23.6 Å². The summed E-state index contributed by atoms with van der Waals surface area (Å²) in [6, 6.07) is 3.30. The van der Waals surface area contributed by atoms with E-state index < -0.39 is 27.4 Å². The Labute approximate surface area is 108 Å². The fraction of sp³-hybridized carbons (Fsp3) is 0.455. The van der Waals surface area contributed by atoms with Gasteiger partial charge in [-0.05, 0) is 31.2 Å². The molecule has 0 unspecified atom stereocenters. The zero-order valence-corrected chi connectivity index (χ0v) is 10.8. The van der Waals surface area contributed by atoms with Crippen molar-refractivity contribution in [3.63, 3.8) is 0 Å². The van der Waals surface area contributed by atoms with Crippen LogP contribution in [0.15, 0.2) is 29.2 Å². The number of hydrogen-bond donors (Lipinski definition) is 1. The van der Waals surface area contributed by atoms with Crippen molar-refractivity contribution in [2.75, 3.05) is 13.1 Å². The number of hydrogen-bond acceptors (Lipinski definition) is 3. The Morgan fingerprint density at radius 1 is 1.21 bits per heavy atom. The van der Waals surface area contributed by atoms with Crippen molar-refractivity contribution >= 4 is 10.0 Å². The lowest BCUT2D eigenvalue weighted by Gasteiger charge is -2.42. The summed E-state index contributed by atoms with van der Waals surface area (Å²) in [6.07, 6.45) is -4.50. The highest BCUT2D eigenvalue weighted by molar-refractivity contribution is 7.89. The van der Waals surface area contributed by atoms with E-state index in [1.165, 1.54) is 6.92 Å². The molecule has 0 amide bonds. The van der Waals surface area contributed by atoms with Crippen molar-refractivity contribution in [3.05, 3.63) is 29.8 Å². The van der Waals surface area contributed by atoms with Gasteiger partial charge in [-0.3, -0.25) is 0 Å².